The zero-order valence-electron chi connectivity index (χ0n) is 17.1. The lowest BCUT2D eigenvalue weighted by molar-refractivity contribution is 0.202. The van der Waals surface area contributed by atoms with Gasteiger partial charge in [0.15, 0.2) is 0 Å². The van der Waals surface area contributed by atoms with Crippen molar-refractivity contribution in [2.75, 3.05) is 13.1 Å². The number of aromatic nitrogens is 3. The van der Waals surface area contributed by atoms with Crippen molar-refractivity contribution in [1.29, 1.82) is 0 Å². The van der Waals surface area contributed by atoms with Gasteiger partial charge in [0, 0.05) is 29.9 Å². The van der Waals surface area contributed by atoms with Gasteiger partial charge in [-0.15, -0.1) is 5.10 Å². The SMILES string of the molecule is O=S([O-])NCc1cc(C2CCN(Cc3cn(Cc4ccccc4)nn3)CC2)ccc1F. The highest BCUT2D eigenvalue weighted by atomic mass is 32.2. The fraction of sp³-hybridized carbons (Fsp3) is 0.364. The van der Waals surface area contributed by atoms with Gasteiger partial charge in [-0.1, -0.05) is 47.7 Å². The lowest BCUT2D eigenvalue weighted by atomic mass is 9.88. The molecule has 0 spiro atoms. The molecule has 0 saturated carbocycles. The summed E-state index contributed by atoms with van der Waals surface area (Å²) < 4.78 is 39.5. The summed E-state index contributed by atoms with van der Waals surface area (Å²) in [5.74, 6) is -0.0557. The molecule has 0 amide bonds. The van der Waals surface area contributed by atoms with Gasteiger partial charge in [-0.3, -0.25) is 9.11 Å². The summed E-state index contributed by atoms with van der Waals surface area (Å²) in [6.07, 6.45) is 3.92. The van der Waals surface area contributed by atoms with Gasteiger partial charge >= 0.3 is 0 Å². The summed E-state index contributed by atoms with van der Waals surface area (Å²) in [7, 11) is 0. The number of nitrogens with one attached hydrogen (secondary N) is 1. The lowest BCUT2D eigenvalue weighted by Crippen LogP contribution is -2.32. The normalized spacial score (nSPS) is 16.5. The van der Waals surface area contributed by atoms with Crippen molar-refractivity contribution in [3.63, 3.8) is 0 Å². The Balaban J connectivity index is 1.30. The Morgan fingerprint density at radius 3 is 2.65 bits per heavy atom. The van der Waals surface area contributed by atoms with Gasteiger partial charge in [-0.05, 0) is 49.0 Å². The molecule has 1 aliphatic rings. The van der Waals surface area contributed by atoms with E-state index in [-0.39, 0.29) is 6.54 Å². The Hall–Kier alpha value is -2.46. The summed E-state index contributed by atoms with van der Waals surface area (Å²) in [6.45, 7) is 3.28. The molecule has 2 aromatic carbocycles. The van der Waals surface area contributed by atoms with Crippen LogP contribution in [0.25, 0.3) is 0 Å². The minimum absolute atomic E-state index is 0.0345. The summed E-state index contributed by atoms with van der Waals surface area (Å²) in [5, 5.41) is 8.55. The predicted octanol–water partition coefficient (Wildman–Crippen LogP) is 2.73. The van der Waals surface area contributed by atoms with Crippen LogP contribution < -0.4 is 4.72 Å². The van der Waals surface area contributed by atoms with E-state index < -0.39 is 17.1 Å². The first-order chi connectivity index (χ1) is 15.1. The molecule has 1 aliphatic heterocycles. The second kappa shape index (κ2) is 10.2. The van der Waals surface area contributed by atoms with Gasteiger partial charge < -0.3 is 4.55 Å². The molecule has 1 saturated heterocycles. The lowest BCUT2D eigenvalue weighted by Gasteiger charge is -2.31. The number of likely N-dealkylation sites (tertiary alicyclic amines) is 1. The highest BCUT2D eigenvalue weighted by Gasteiger charge is 2.22. The summed E-state index contributed by atoms with van der Waals surface area (Å²) in [5.41, 5.74) is 3.58. The fourth-order valence-corrected chi connectivity index (χ4v) is 4.31. The van der Waals surface area contributed by atoms with Crippen LogP contribution in [0.2, 0.25) is 0 Å². The third-order valence-electron chi connectivity index (χ3n) is 5.67. The van der Waals surface area contributed by atoms with Crippen molar-refractivity contribution in [3.05, 3.63) is 82.9 Å². The van der Waals surface area contributed by atoms with Crippen LogP contribution in [0.4, 0.5) is 4.39 Å². The zero-order chi connectivity index (χ0) is 21.6. The number of nitrogens with zero attached hydrogens (tertiary/aromatic N) is 4. The number of halogens is 1. The van der Waals surface area contributed by atoms with E-state index in [1.165, 1.54) is 11.6 Å². The van der Waals surface area contributed by atoms with Crippen LogP contribution >= 0.6 is 0 Å². The highest BCUT2D eigenvalue weighted by Crippen LogP contribution is 2.29. The van der Waals surface area contributed by atoms with Crippen molar-refractivity contribution >= 4 is 11.3 Å². The standard InChI is InChI=1S/C22H26FN5O2S/c23-22-7-6-19(12-20(22)13-24-31(29)30)18-8-10-27(11-9-18)15-21-16-28(26-25-21)14-17-4-2-1-3-5-17/h1-7,12,16,18,24H,8-11,13-15H2,(H,29,30)/p-1. The van der Waals surface area contributed by atoms with Crippen molar-refractivity contribution in [2.24, 2.45) is 0 Å². The Morgan fingerprint density at radius 2 is 1.90 bits per heavy atom. The van der Waals surface area contributed by atoms with Crippen LogP contribution in [-0.2, 0) is 30.9 Å². The first-order valence-electron chi connectivity index (χ1n) is 10.3. The van der Waals surface area contributed by atoms with Gasteiger partial charge in [-0.25, -0.2) is 13.8 Å². The van der Waals surface area contributed by atoms with Gasteiger partial charge in [-0.2, -0.15) is 0 Å². The molecule has 3 aromatic rings. The third kappa shape index (κ3) is 6.04. The third-order valence-corrected chi connectivity index (χ3v) is 6.05. The summed E-state index contributed by atoms with van der Waals surface area (Å²) in [4.78, 5) is 2.36. The van der Waals surface area contributed by atoms with Crippen LogP contribution in [0, 0.1) is 5.82 Å². The van der Waals surface area contributed by atoms with Gasteiger partial charge in [0.1, 0.15) is 5.82 Å². The van der Waals surface area contributed by atoms with E-state index in [4.69, 9.17) is 0 Å². The van der Waals surface area contributed by atoms with Crippen molar-refractivity contribution < 1.29 is 13.2 Å². The summed E-state index contributed by atoms with van der Waals surface area (Å²) >= 11 is -2.41. The molecular formula is C22H25FN5O2S-. The average Bonchev–Trinajstić information content (AvgIpc) is 3.21. The van der Waals surface area contributed by atoms with E-state index in [0.29, 0.717) is 18.0 Å². The van der Waals surface area contributed by atoms with Crippen LogP contribution in [-0.4, -0.2) is 41.7 Å². The fourth-order valence-electron chi connectivity index (χ4n) is 4.03. The molecule has 7 nitrogen and oxygen atoms in total. The molecule has 31 heavy (non-hydrogen) atoms. The number of hydrogen-bond donors (Lipinski definition) is 1. The molecule has 1 N–H and O–H groups in total. The molecule has 0 radical (unpaired) electrons. The summed E-state index contributed by atoms with van der Waals surface area (Å²) in [6, 6.07) is 15.2. The van der Waals surface area contributed by atoms with Gasteiger partial charge in [0.25, 0.3) is 0 Å². The maximum atomic E-state index is 14.0. The van der Waals surface area contributed by atoms with Crippen LogP contribution in [0.1, 0.15) is 41.1 Å². The molecular weight excluding hydrogens is 417 g/mol. The van der Waals surface area contributed by atoms with Crippen molar-refractivity contribution in [3.8, 4) is 0 Å². The van der Waals surface area contributed by atoms with Gasteiger partial charge in [0.05, 0.1) is 18.4 Å². The number of benzene rings is 2. The van der Waals surface area contributed by atoms with E-state index in [2.05, 4.69) is 32.1 Å². The largest absolute Gasteiger partial charge is 0.760 e. The van der Waals surface area contributed by atoms with Crippen LogP contribution in [0.3, 0.4) is 0 Å². The predicted molar refractivity (Wildman–Crippen MR) is 115 cm³/mol. The van der Waals surface area contributed by atoms with E-state index >= 15 is 0 Å². The van der Waals surface area contributed by atoms with E-state index in [1.807, 2.05) is 35.1 Å². The topological polar surface area (TPSA) is 86.1 Å². The van der Waals surface area contributed by atoms with Crippen LogP contribution in [0.5, 0.6) is 0 Å². The molecule has 164 valence electrons. The van der Waals surface area contributed by atoms with Crippen molar-refractivity contribution in [1.82, 2.24) is 24.6 Å². The second-order valence-electron chi connectivity index (χ2n) is 7.85. The first kappa shape index (κ1) is 21.8. The minimum atomic E-state index is -2.41. The van der Waals surface area contributed by atoms with Crippen molar-refractivity contribution in [2.45, 2.75) is 38.4 Å². The van der Waals surface area contributed by atoms with E-state index in [9.17, 15) is 13.2 Å². The minimum Gasteiger partial charge on any atom is -0.760 e. The van der Waals surface area contributed by atoms with E-state index in [1.54, 1.807) is 6.07 Å². The molecule has 4 rings (SSSR count). The maximum Gasteiger partial charge on any atom is 0.127 e. The molecule has 1 aromatic heterocycles. The molecule has 1 fully saturated rings. The molecule has 2 heterocycles. The molecule has 1 atom stereocenters. The average molecular weight is 443 g/mol. The monoisotopic (exact) mass is 442 g/mol. The smallest absolute Gasteiger partial charge is 0.127 e. The molecule has 0 bridgehead atoms. The quantitative estimate of drug-likeness (QED) is 0.542. The molecule has 0 aliphatic carbocycles. The van der Waals surface area contributed by atoms with Gasteiger partial charge in [0.2, 0.25) is 0 Å². The Labute approximate surface area is 183 Å². The molecule has 1 unspecified atom stereocenters. The van der Waals surface area contributed by atoms with Crippen LogP contribution in [0.15, 0.2) is 54.7 Å². The number of hydrogen-bond acceptors (Lipinski definition) is 5. The Kier molecular flexibility index (Phi) is 7.18. The maximum absolute atomic E-state index is 14.0. The zero-order valence-corrected chi connectivity index (χ0v) is 17.9. The Bertz CT molecular complexity index is 1020. The second-order valence-corrected chi connectivity index (χ2v) is 8.61. The Morgan fingerprint density at radius 1 is 1.13 bits per heavy atom. The first-order valence-corrected chi connectivity index (χ1v) is 11.4. The number of piperidine rings is 1. The molecule has 9 heteroatoms. The number of rotatable bonds is 8. The highest BCUT2D eigenvalue weighted by molar-refractivity contribution is 7.77. The van der Waals surface area contributed by atoms with E-state index in [0.717, 1.165) is 43.7 Å².